The predicted octanol–water partition coefficient (Wildman–Crippen LogP) is 4.91. The number of benzene rings is 3. The number of ether oxygens (including phenoxy) is 3. The van der Waals surface area contributed by atoms with Crippen molar-refractivity contribution in [3.63, 3.8) is 0 Å². The van der Waals surface area contributed by atoms with Gasteiger partial charge in [-0.15, -0.1) is 13.2 Å². The molecule has 0 radical (unpaired) electrons. The number of alkyl halides is 3. The molecule has 5 rings (SSSR count). The fourth-order valence-electron chi connectivity index (χ4n) is 4.87. The molecule has 2 fully saturated rings. The van der Waals surface area contributed by atoms with Gasteiger partial charge in [0, 0.05) is 31.7 Å². The van der Waals surface area contributed by atoms with E-state index in [1.165, 1.54) is 48.5 Å². The molecule has 11 heteroatoms. The van der Waals surface area contributed by atoms with Crippen LogP contribution in [0.1, 0.15) is 16.8 Å². The Bertz CT molecular complexity index is 1330. The van der Waals surface area contributed by atoms with E-state index in [9.17, 15) is 27.2 Å². The van der Waals surface area contributed by atoms with Gasteiger partial charge >= 0.3 is 6.36 Å². The zero-order valence-corrected chi connectivity index (χ0v) is 21.3. The minimum Gasteiger partial charge on any atom is -0.493 e. The number of rotatable bonds is 7. The van der Waals surface area contributed by atoms with Crippen LogP contribution < -0.4 is 9.47 Å². The molecule has 2 saturated heterocycles. The van der Waals surface area contributed by atoms with Crippen LogP contribution in [0.2, 0.25) is 0 Å². The lowest BCUT2D eigenvalue weighted by Crippen LogP contribution is -2.61. The number of hydrogen-bond donors (Lipinski definition) is 0. The molecule has 2 bridgehead atoms. The topological polar surface area (TPSA) is 68.3 Å². The highest BCUT2D eigenvalue weighted by Crippen LogP contribution is 2.28. The molecule has 2 unspecified atom stereocenters. The molecule has 0 N–H and O–H groups in total. The monoisotopic (exact) mass is 558 g/mol. The highest BCUT2D eigenvalue weighted by molar-refractivity contribution is 5.95. The fourth-order valence-corrected chi connectivity index (χ4v) is 4.87. The smallest absolute Gasteiger partial charge is 0.493 e. The summed E-state index contributed by atoms with van der Waals surface area (Å²) in [6, 6.07) is 17.9. The van der Waals surface area contributed by atoms with Gasteiger partial charge in [0.2, 0.25) is 5.91 Å². The predicted molar refractivity (Wildman–Crippen MR) is 136 cm³/mol. The van der Waals surface area contributed by atoms with Gasteiger partial charge in [-0.1, -0.05) is 24.3 Å². The summed E-state index contributed by atoms with van der Waals surface area (Å²) < 4.78 is 65.8. The van der Waals surface area contributed by atoms with E-state index in [0.717, 1.165) is 0 Å². The molecule has 40 heavy (non-hydrogen) atoms. The summed E-state index contributed by atoms with van der Waals surface area (Å²) in [7, 11) is 0. The van der Waals surface area contributed by atoms with Crippen LogP contribution in [0.4, 0.5) is 17.6 Å². The van der Waals surface area contributed by atoms with E-state index >= 15 is 0 Å². The number of carbonyl (C=O) groups is 2. The van der Waals surface area contributed by atoms with Crippen molar-refractivity contribution in [1.82, 2.24) is 9.80 Å². The van der Waals surface area contributed by atoms with Crippen LogP contribution in [-0.2, 0) is 9.53 Å². The van der Waals surface area contributed by atoms with Crippen molar-refractivity contribution in [3.8, 4) is 22.6 Å². The zero-order chi connectivity index (χ0) is 28.3. The third kappa shape index (κ3) is 6.90. The highest BCUT2D eigenvalue weighted by atomic mass is 19.4. The second kappa shape index (κ2) is 11.5. The summed E-state index contributed by atoms with van der Waals surface area (Å²) in [5.74, 6) is -0.476. The Morgan fingerprint density at radius 3 is 2.10 bits per heavy atom. The quantitative estimate of drug-likeness (QED) is 0.386. The van der Waals surface area contributed by atoms with Crippen molar-refractivity contribution in [1.29, 1.82) is 0 Å². The molecule has 3 aromatic rings. The molecule has 0 aromatic heterocycles. The Morgan fingerprint density at radius 2 is 1.45 bits per heavy atom. The average Bonchev–Trinajstić information content (AvgIpc) is 2.92. The maximum absolute atomic E-state index is 13.3. The van der Waals surface area contributed by atoms with Gasteiger partial charge in [-0.3, -0.25) is 9.59 Å². The Kier molecular flexibility index (Phi) is 7.92. The summed E-state index contributed by atoms with van der Waals surface area (Å²) >= 11 is 0. The first-order valence-corrected chi connectivity index (χ1v) is 12.7. The Labute approximate surface area is 227 Å². The number of morpholine rings is 2. The number of carbonyl (C=O) groups excluding carboxylic acids is 2. The van der Waals surface area contributed by atoms with Gasteiger partial charge in [-0.25, -0.2) is 4.39 Å². The first-order chi connectivity index (χ1) is 19.1. The molecule has 2 aliphatic heterocycles. The van der Waals surface area contributed by atoms with Gasteiger partial charge in [-0.05, 0) is 59.7 Å². The molecule has 2 amide bonds. The fraction of sp³-hybridized carbons (Fsp3) is 0.310. The van der Waals surface area contributed by atoms with E-state index in [1.54, 1.807) is 34.1 Å². The summed E-state index contributed by atoms with van der Waals surface area (Å²) in [6.45, 7) is 1.50. The van der Waals surface area contributed by atoms with Gasteiger partial charge < -0.3 is 24.0 Å². The summed E-state index contributed by atoms with van der Waals surface area (Å²) in [5.41, 5.74) is 1.76. The van der Waals surface area contributed by atoms with Gasteiger partial charge in [0.15, 0.2) is 0 Å². The minimum atomic E-state index is -4.77. The molecule has 2 aliphatic rings. The van der Waals surface area contributed by atoms with E-state index in [1.807, 2.05) is 0 Å². The second-order valence-corrected chi connectivity index (χ2v) is 9.59. The molecule has 210 valence electrons. The first kappa shape index (κ1) is 27.4. The molecule has 3 aromatic carbocycles. The van der Waals surface area contributed by atoms with Crippen LogP contribution in [0.5, 0.6) is 11.5 Å². The van der Waals surface area contributed by atoms with Crippen molar-refractivity contribution in [3.05, 3.63) is 84.2 Å². The number of hydrogen-bond acceptors (Lipinski definition) is 5. The van der Waals surface area contributed by atoms with E-state index in [2.05, 4.69) is 4.74 Å². The minimum absolute atomic E-state index is 0.0838. The molecular weight excluding hydrogens is 532 g/mol. The van der Waals surface area contributed by atoms with Crippen molar-refractivity contribution >= 4 is 11.8 Å². The van der Waals surface area contributed by atoms with E-state index in [4.69, 9.17) is 9.47 Å². The number of nitrogens with zero attached hydrogens (tertiary/aromatic N) is 2. The lowest BCUT2D eigenvalue weighted by Gasteiger charge is -2.45. The Morgan fingerprint density at radius 1 is 0.825 bits per heavy atom. The highest BCUT2D eigenvalue weighted by Gasteiger charge is 2.38. The molecule has 0 spiro atoms. The summed E-state index contributed by atoms with van der Waals surface area (Å²) in [4.78, 5) is 29.5. The van der Waals surface area contributed by atoms with Crippen LogP contribution in [0.15, 0.2) is 72.8 Å². The van der Waals surface area contributed by atoms with Gasteiger partial charge in [-0.2, -0.15) is 0 Å². The van der Waals surface area contributed by atoms with Crippen LogP contribution in [0.25, 0.3) is 11.1 Å². The molecule has 7 nitrogen and oxygen atoms in total. The third-order valence-electron chi connectivity index (χ3n) is 6.65. The normalized spacial score (nSPS) is 18.8. The van der Waals surface area contributed by atoms with E-state index in [-0.39, 0.29) is 48.6 Å². The Balaban J connectivity index is 1.16. The van der Waals surface area contributed by atoms with Crippen LogP contribution in [0.3, 0.4) is 0 Å². The number of fused-ring (bicyclic) bond motifs is 2. The maximum Gasteiger partial charge on any atom is 0.573 e. The standard InChI is InChI=1S/C29H26F4N2O5/c30-22-6-10-23(11-7-22)38-13-12-27(36)34-15-25-17-35(18-26(16-34)39-25)28(37)21-3-1-2-20(14-21)19-4-8-24(9-5-19)40-29(31,32)33/h1-11,14,25-26H,12-13,15-18H2. The third-order valence-corrected chi connectivity index (χ3v) is 6.65. The van der Waals surface area contributed by atoms with Crippen molar-refractivity contribution < 1.29 is 41.4 Å². The van der Waals surface area contributed by atoms with E-state index < -0.39 is 6.36 Å². The summed E-state index contributed by atoms with van der Waals surface area (Å²) in [5, 5.41) is 0. The van der Waals surface area contributed by atoms with Crippen LogP contribution in [-0.4, -0.2) is 73.0 Å². The van der Waals surface area contributed by atoms with Gasteiger partial charge in [0.05, 0.1) is 25.2 Å². The molecular formula is C29H26F4N2O5. The molecule has 2 atom stereocenters. The number of amides is 2. The number of halogens is 4. The molecule has 0 saturated carbocycles. The average molecular weight is 559 g/mol. The molecule has 2 heterocycles. The lowest BCUT2D eigenvalue weighted by atomic mass is 10.0. The second-order valence-electron chi connectivity index (χ2n) is 9.59. The van der Waals surface area contributed by atoms with Crippen LogP contribution in [0, 0.1) is 5.82 Å². The van der Waals surface area contributed by atoms with Gasteiger partial charge in [0.1, 0.15) is 17.3 Å². The van der Waals surface area contributed by atoms with E-state index in [0.29, 0.717) is 48.6 Å². The SMILES string of the molecule is O=C(CCOc1ccc(F)cc1)N1CC2CN(C(=O)c3cccc(-c4ccc(OC(F)(F)F)cc4)c3)CC(C1)O2. The first-order valence-electron chi connectivity index (χ1n) is 12.7. The summed E-state index contributed by atoms with van der Waals surface area (Å²) in [6.07, 6.45) is -5.27. The zero-order valence-electron chi connectivity index (χ0n) is 21.3. The van der Waals surface area contributed by atoms with Gasteiger partial charge in [0.25, 0.3) is 5.91 Å². The lowest BCUT2D eigenvalue weighted by molar-refractivity contribution is -0.274. The van der Waals surface area contributed by atoms with Crippen molar-refractivity contribution in [2.45, 2.75) is 25.0 Å². The van der Waals surface area contributed by atoms with Crippen molar-refractivity contribution in [2.24, 2.45) is 0 Å². The largest absolute Gasteiger partial charge is 0.573 e. The molecule has 0 aliphatic carbocycles. The van der Waals surface area contributed by atoms with Crippen LogP contribution >= 0.6 is 0 Å². The maximum atomic E-state index is 13.3. The Hall–Kier alpha value is -4.12. The van der Waals surface area contributed by atoms with Crippen molar-refractivity contribution in [2.75, 3.05) is 32.8 Å².